The number of carbonyl (C=O) groups excluding carboxylic acids is 1. The first-order valence-electron chi connectivity index (χ1n) is 7.10. The number of allylic oxidation sites excluding steroid dienone is 2. The Hall–Kier alpha value is -2.08. The number of carboxylic acids is 1. The minimum atomic E-state index is -1.13. The van der Waals surface area contributed by atoms with Gasteiger partial charge in [0.15, 0.2) is 0 Å². The van der Waals surface area contributed by atoms with Gasteiger partial charge in [0, 0.05) is 12.8 Å². The number of ether oxygens (including phenoxy) is 2. The predicted molar refractivity (Wildman–Crippen MR) is 84.1 cm³/mol. The van der Waals surface area contributed by atoms with E-state index < -0.39 is 18.0 Å². The molecule has 0 radical (unpaired) electrons. The van der Waals surface area contributed by atoms with Crippen LogP contribution in [0, 0.1) is 0 Å². The van der Waals surface area contributed by atoms with Crippen molar-refractivity contribution >= 4 is 11.9 Å². The molecule has 3 N–H and O–H groups in total. The van der Waals surface area contributed by atoms with E-state index in [0.29, 0.717) is 25.2 Å². The monoisotopic (exact) mass is 311 g/mol. The maximum atomic E-state index is 11.5. The lowest BCUT2D eigenvalue weighted by Gasteiger charge is -2.11. The molecule has 0 heterocycles. The van der Waals surface area contributed by atoms with Gasteiger partial charge in [0.05, 0.1) is 5.76 Å². The normalized spacial score (nSPS) is 12.4. The molecule has 0 unspecified atom stereocenters. The van der Waals surface area contributed by atoms with Crippen molar-refractivity contribution < 1.29 is 24.2 Å². The highest BCUT2D eigenvalue weighted by Gasteiger charge is 2.14. The van der Waals surface area contributed by atoms with Gasteiger partial charge in [-0.05, 0) is 25.3 Å². The summed E-state index contributed by atoms with van der Waals surface area (Å²) < 4.78 is 10.4. The molecule has 6 heteroatoms. The SMILES string of the molecule is C=CCOC(=C)CC/C(=C\C)COC(=O)CC[C@H](N)C(=O)O. The van der Waals surface area contributed by atoms with Crippen LogP contribution in [-0.2, 0) is 19.1 Å². The molecular formula is C16H25NO5. The molecule has 0 aliphatic carbocycles. The molecule has 6 nitrogen and oxygen atoms in total. The van der Waals surface area contributed by atoms with Crippen LogP contribution >= 0.6 is 0 Å². The van der Waals surface area contributed by atoms with Crippen LogP contribution in [0.4, 0.5) is 0 Å². The molecule has 0 aromatic carbocycles. The quantitative estimate of drug-likeness (QED) is 0.325. The van der Waals surface area contributed by atoms with Crippen LogP contribution in [0.1, 0.15) is 32.6 Å². The number of hydrogen-bond donors (Lipinski definition) is 2. The summed E-state index contributed by atoms with van der Waals surface area (Å²) in [6.45, 7) is 9.79. The summed E-state index contributed by atoms with van der Waals surface area (Å²) in [5.41, 5.74) is 6.26. The van der Waals surface area contributed by atoms with E-state index in [4.69, 9.17) is 20.3 Å². The Labute approximate surface area is 131 Å². The number of carbonyl (C=O) groups is 2. The molecule has 0 aliphatic rings. The van der Waals surface area contributed by atoms with Gasteiger partial charge in [-0.3, -0.25) is 9.59 Å². The molecule has 0 amide bonds. The third-order valence-corrected chi connectivity index (χ3v) is 2.93. The average Bonchev–Trinajstić information content (AvgIpc) is 2.50. The molecule has 0 aromatic heterocycles. The second-order valence-corrected chi connectivity index (χ2v) is 4.73. The van der Waals surface area contributed by atoms with Crippen LogP contribution in [0.25, 0.3) is 0 Å². The van der Waals surface area contributed by atoms with Crippen LogP contribution in [-0.4, -0.2) is 36.3 Å². The van der Waals surface area contributed by atoms with Crippen molar-refractivity contribution in [3.8, 4) is 0 Å². The standard InChI is InChI=1S/C16H25NO5/c1-4-10-21-12(3)6-7-13(5-2)11-22-15(18)9-8-14(17)16(19)20/h4-5,14H,1,3,6-11,17H2,2H3,(H,19,20)/b13-5+/t14-/m0/s1. The summed E-state index contributed by atoms with van der Waals surface area (Å²) in [6, 6.07) is -1.04. The van der Waals surface area contributed by atoms with Gasteiger partial charge < -0.3 is 20.3 Å². The Morgan fingerprint density at radius 2 is 1.95 bits per heavy atom. The fourth-order valence-electron chi connectivity index (χ4n) is 1.49. The number of nitrogens with two attached hydrogens (primary N) is 1. The third-order valence-electron chi connectivity index (χ3n) is 2.93. The number of carboxylic acid groups (broad SMARTS) is 1. The van der Waals surface area contributed by atoms with Crippen LogP contribution in [0.2, 0.25) is 0 Å². The Balaban J connectivity index is 3.99. The Kier molecular flexibility index (Phi) is 10.5. The smallest absolute Gasteiger partial charge is 0.320 e. The summed E-state index contributed by atoms with van der Waals surface area (Å²) in [5, 5.41) is 8.62. The lowest BCUT2D eigenvalue weighted by molar-refractivity contribution is -0.143. The maximum absolute atomic E-state index is 11.5. The van der Waals surface area contributed by atoms with E-state index in [1.807, 2.05) is 13.0 Å². The molecule has 0 aromatic rings. The maximum Gasteiger partial charge on any atom is 0.320 e. The van der Waals surface area contributed by atoms with Gasteiger partial charge in [0.1, 0.15) is 19.3 Å². The zero-order valence-corrected chi connectivity index (χ0v) is 13.0. The number of rotatable bonds is 12. The van der Waals surface area contributed by atoms with E-state index in [-0.39, 0.29) is 19.4 Å². The summed E-state index contributed by atoms with van der Waals surface area (Å²) in [4.78, 5) is 22.1. The van der Waals surface area contributed by atoms with Crippen molar-refractivity contribution in [3.63, 3.8) is 0 Å². The van der Waals surface area contributed by atoms with Crippen molar-refractivity contribution in [3.05, 3.63) is 36.6 Å². The van der Waals surface area contributed by atoms with Crippen LogP contribution < -0.4 is 5.73 Å². The minimum Gasteiger partial charge on any atom is -0.495 e. The third kappa shape index (κ3) is 9.77. The van der Waals surface area contributed by atoms with E-state index in [1.54, 1.807) is 6.08 Å². The highest BCUT2D eigenvalue weighted by atomic mass is 16.5. The van der Waals surface area contributed by atoms with Gasteiger partial charge >= 0.3 is 11.9 Å². The minimum absolute atomic E-state index is 0.0143. The molecule has 0 bridgehead atoms. The predicted octanol–water partition coefficient (Wildman–Crippen LogP) is 2.16. The van der Waals surface area contributed by atoms with E-state index in [9.17, 15) is 9.59 Å². The summed E-state index contributed by atoms with van der Waals surface area (Å²) in [7, 11) is 0. The van der Waals surface area contributed by atoms with E-state index in [0.717, 1.165) is 5.57 Å². The zero-order chi connectivity index (χ0) is 17.0. The Morgan fingerprint density at radius 1 is 1.27 bits per heavy atom. The zero-order valence-electron chi connectivity index (χ0n) is 13.0. The van der Waals surface area contributed by atoms with Gasteiger partial charge in [-0.1, -0.05) is 25.3 Å². The molecule has 22 heavy (non-hydrogen) atoms. The fourth-order valence-corrected chi connectivity index (χ4v) is 1.49. The highest BCUT2D eigenvalue weighted by molar-refractivity contribution is 5.75. The first-order valence-corrected chi connectivity index (χ1v) is 7.10. The largest absolute Gasteiger partial charge is 0.495 e. The van der Waals surface area contributed by atoms with Crippen LogP contribution in [0.3, 0.4) is 0 Å². The fraction of sp³-hybridized carbons (Fsp3) is 0.500. The van der Waals surface area contributed by atoms with Crippen LogP contribution in [0.5, 0.6) is 0 Å². The Bertz CT molecular complexity index is 428. The highest BCUT2D eigenvalue weighted by Crippen LogP contribution is 2.12. The first-order chi connectivity index (χ1) is 10.4. The van der Waals surface area contributed by atoms with Gasteiger partial charge in [-0.15, -0.1) is 0 Å². The van der Waals surface area contributed by atoms with Crippen molar-refractivity contribution in [2.45, 2.75) is 38.6 Å². The average molecular weight is 311 g/mol. The van der Waals surface area contributed by atoms with Crippen molar-refractivity contribution in [1.29, 1.82) is 0 Å². The molecule has 0 saturated carbocycles. The molecular weight excluding hydrogens is 286 g/mol. The topological polar surface area (TPSA) is 98.9 Å². The lowest BCUT2D eigenvalue weighted by Crippen LogP contribution is -2.30. The number of hydrogen-bond acceptors (Lipinski definition) is 5. The first kappa shape index (κ1) is 19.9. The second-order valence-electron chi connectivity index (χ2n) is 4.73. The van der Waals surface area contributed by atoms with E-state index in [1.165, 1.54) is 0 Å². The van der Waals surface area contributed by atoms with Gasteiger partial charge in [-0.2, -0.15) is 0 Å². The molecule has 0 rings (SSSR count). The van der Waals surface area contributed by atoms with Crippen molar-refractivity contribution in [2.24, 2.45) is 5.73 Å². The molecule has 1 atom stereocenters. The summed E-state index contributed by atoms with van der Waals surface area (Å²) >= 11 is 0. The molecule has 0 aliphatic heterocycles. The molecule has 124 valence electrons. The number of aliphatic carboxylic acids is 1. The summed E-state index contributed by atoms with van der Waals surface area (Å²) in [5.74, 6) is -0.934. The van der Waals surface area contributed by atoms with Crippen molar-refractivity contribution in [1.82, 2.24) is 0 Å². The Morgan fingerprint density at radius 3 is 2.50 bits per heavy atom. The molecule has 0 saturated heterocycles. The van der Waals surface area contributed by atoms with Gasteiger partial charge in [0.2, 0.25) is 0 Å². The second kappa shape index (κ2) is 11.6. The van der Waals surface area contributed by atoms with Gasteiger partial charge in [0.25, 0.3) is 0 Å². The molecule has 0 fully saturated rings. The number of esters is 1. The summed E-state index contributed by atoms with van der Waals surface area (Å²) in [6.07, 6.45) is 4.87. The molecule has 0 spiro atoms. The van der Waals surface area contributed by atoms with E-state index >= 15 is 0 Å². The lowest BCUT2D eigenvalue weighted by atomic mass is 10.1. The van der Waals surface area contributed by atoms with Crippen molar-refractivity contribution in [2.75, 3.05) is 13.2 Å². The van der Waals surface area contributed by atoms with Crippen LogP contribution in [0.15, 0.2) is 36.6 Å². The van der Waals surface area contributed by atoms with Gasteiger partial charge in [-0.25, -0.2) is 0 Å². The van der Waals surface area contributed by atoms with E-state index in [2.05, 4.69) is 13.2 Å².